The molecule has 0 heterocycles. The quantitative estimate of drug-likeness (QED) is 0.120. The summed E-state index contributed by atoms with van der Waals surface area (Å²) >= 11 is 1.74. The van der Waals surface area contributed by atoms with E-state index in [0.29, 0.717) is 11.8 Å². The summed E-state index contributed by atoms with van der Waals surface area (Å²) < 4.78 is 0. The topological polar surface area (TPSA) is 0 Å². The molecule has 1 unspecified atom stereocenters. The minimum Gasteiger partial charge on any atom is -1.00 e. The summed E-state index contributed by atoms with van der Waals surface area (Å²) in [4.78, 5) is 0. The third-order valence-electron chi connectivity index (χ3n) is 9.12. The molecule has 0 spiro atoms. The van der Waals surface area contributed by atoms with Gasteiger partial charge < -0.3 is 24.8 Å². The Morgan fingerprint density at radius 1 is 0.673 bits per heavy atom. The van der Waals surface area contributed by atoms with Crippen LogP contribution < -0.4 is 24.8 Å². The summed E-state index contributed by atoms with van der Waals surface area (Å²) in [6.45, 7) is 22.7. The van der Waals surface area contributed by atoms with Crippen LogP contribution in [0.1, 0.15) is 95.9 Å². The van der Waals surface area contributed by atoms with Gasteiger partial charge in [-0.1, -0.05) is 134 Å². The number of hydrogen-bond donors (Lipinski definition) is 0. The Balaban J connectivity index is 0.000000296. The van der Waals surface area contributed by atoms with Crippen LogP contribution in [0.2, 0.25) is 13.1 Å². The predicted molar refractivity (Wildman–Crippen MR) is 208 cm³/mol. The van der Waals surface area contributed by atoms with Gasteiger partial charge in [0.25, 0.3) is 0 Å². The zero-order valence-electron chi connectivity index (χ0n) is 31.2. The van der Waals surface area contributed by atoms with E-state index in [1.807, 2.05) is 0 Å². The van der Waals surface area contributed by atoms with Crippen LogP contribution in [0.5, 0.6) is 0 Å². The normalized spacial score (nSPS) is 11.5. The smallest absolute Gasteiger partial charge is 1.00 e. The molecule has 258 valence electrons. The van der Waals surface area contributed by atoms with Gasteiger partial charge in [-0.25, -0.2) is 0 Å². The third-order valence-corrected chi connectivity index (χ3v) is 9.12. The second-order valence-electron chi connectivity index (χ2n) is 14.5. The van der Waals surface area contributed by atoms with Crippen molar-refractivity contribution >= 4 is 27.0 Å². The fourth-order valence-corrected chi connectivity index (χ4v) is 5.98. The van der Waals surface area contributed by atoms with E-state index in [1.54, 1.807) is 23.3 Å². The van der Waals surface area contributed by atoms with Gasteiger partial charge in [-0.3, -0.25) is 0 Å². The monoisotopic (exact) mass is 782 g/mol. The van der Waals surface area contributed by atoms with Gasteiger partial charge in [0.2, 0.25) is 0 Å². The van der Waals surface area contributed by atoms with Crippen molar-refractivity contribution in [1.29, 1.82) is 0 Å². The largest absolute Gasteiger partial charge is 1.00 e. The van der Waals surface area contributed by atoms with Crippen LogP contribution in [0.25, 0.3) is 43.8 Å². The van der Waals surface area contributed by atoms with Crippen molar-refractivity contribution < 1.29 is 48.1 Å². The third kappa shape index (κ3) is 11.4. The molecule has 6 aromatic rings. The summed E-state index contributed by atoms with van der Waals surface area (Å²) in [7, 11) is 0. The minimum absolute atomic E-state index is 0. The van der Waals surface area contributed by atoms with Crippen LogP contribution in [0.3, 0.4) is 0 Å². The Hall–Kier alpha value is -2.22. The first-order valence-corrected chi connectivity index (χ1v) is 23.6. The van der Waals surface area contributed by atoms with E-state index >= 15 is 0 Å². The maximum absolute atomic E-state index is 2.38. The van der Waals surface area contributed by atoms with Crippen molar-refractivity contribution in [3.8, 4) is 22.3 Å². The van der Waals surface area contributed by atoms with Crippen molar-refractivity contribution in [3.05, 3.63) is 131 Å². The molecule has 0 bridgehead atoms. The average Bonchev–Trinajstić information content (AvgIpc) is 3.69. The van der Waals surface area contributed by atoms with Crippen molar-refractivity contribution in [1.82, 2.24) is 0 Å². The number of benzene rings is 4. The average molecular weight is 785 g/mol. The Labute approximate surface area is 325 Å². The van der Waals surface area contributed by atoms with Crippen LogP contribution in [-0.2, 0) is 35.2 Å². The number of halogens is 2. The molecule has 0 aliphatic rings. The molecule has 0 N–H and O–H groups in total. The molecule has 49 heavy (non-hydrogen) atoms. The molecular weight excluding hydrogens is 731 g/mol. The predicted octanol–water partition coefficient (Wildman–Crippen LogP) is 7.74. The first kappa shape index (κ1) is 42.9. The molecule has 0 aliphatic heterocycles. The molecule has 0 fully saturated rings. The molecule has 0 radical (unpaired) electrons. The van der Waals surface area contributed by atoms with Crippen LogP contribution in [-0.4, -0.2) is 5.43 Å². The fraction of sp³-hybridized carbons (Fsp3) is 0.333. The van der Waals surface area contributed by atoms with E-state index < -0.39 is 0 Å². The Bertz CT molecular complexity index is 1900. The Kier molecular flexibility index (Phi) is 17.0. The van der Waals surface area contributed by atoms with Crippen molar-refractivity contribution in [2.75, 3.05) is 0 Å². The van der Waals surface area contributed by atoms with Gasteiger partial charge in [0.15, 0.2) is 0 Å². The second kappa shape index (κ2) is 19.4. The molecular formula is C45H54Cl2SiZr-2. The van der Waals surface area contributed by atoms with E-state index in [2.05, 4.69) is 178 Å². The SMILES string of the molecule is CCC(C)c1cc2c(-c3ccc(C(C)C)cc3)cccc2[cH-]1.CCc1cc2c(-c3ccc(C(C)(C)C)cc3)cccc2[cH-]1.C[Si](C)=[Zr+2].[Cl-].[Cl-]. The summed E-state index contributed by atoms with van der Waals surface area (Å²) in [6, 6.07) is 40.7. The van der Waals surface area contributed by atoms with E-state index in [1.165, 1.54) is 72.5 Å². The van der Waals surface area contributed by atoms with Crippen LogP contribution in [0.4, 0.5) is 0 Å². The molecule has 0 aromatic heterocycles. The van der Waals surface area contributed by atoms with Gasteiger partial charge in [0.1, 0.15) is 0 Å². The number of fused-ring (bicyclic) bond motifs is 2. The Morgan fingerprint density at radius 3 is 1.59 bits per heavy atom. The molecule has 6 aromatic carbocycles. The zero-order valence-corrected chi connectivity index (χ0v) is 36.2. The van der Waals surface area contributed by atoms with Gasteiger partial charge in [-0.15, -0.1) is 69.1 Å². The maximum atomic E-state index is 2.38. The molecule has 1 atom stereocenters. The summed E-state index contributed by atoms with van der Waals surface area (Å²) in [5.41, 5.74) is 11.4. The molecule has 0 nitrogen and oxygen atoms in total. The standard InChI is InChI=1S/C22H25.C21H23.C2H6Si.2ClH.Zr/c1-5-16(4)20-13-19-7-6-8-21(22(19)14-20)18-11-9-17(10-12-18)15(2)3;1-5-15-13-17-7-6-8-19(20(17)14-15)16-9-11-18(12-10-16)21(2,3)4;1-3-2;;;/h6-16H,5H2,1-4H3;6-14H,5H2,1-4H3;1-2H3;2*1H;/q2*-1;;;;+2/p-2. The molecule has 0 amide bonds. The zero-order chi connectivity index (χ0) is 34.3. The second-order valence-corrected chi connectivity index (χ2v) is 23.9. The molecule has 0 saturated carbocycles. The maximum Gasteiger partial charge on any atom is -1.00 e. The molecule has 0 saturated heterocycles. The van der Waals surface area contributed by atoms with Gasteiger partial charge in [-0.05, 0) is 45.9 Å². The van der Waals surface area contributed by atoms with E-state index in [4.69, 9.17) is 0 Å². The summed E-state index contributed by atoms with van der Waals surface area (Å²) in [5.74, 6) is 1.21. The number of hydrogen-bond acceptors (Lipinski definition) is 0. The van der Waals surface area contributed by atoms with E-state index in [0.717, 1.165) is 6.42 Å². The first-order chi connectivity index (χ1) is 22.3. The Morgan fingerprint density at radius 2 is 1.14 bits per heavy atom. The number of rotatable bonds is 6. The van der Waals surface area contributed by atoms with Gasteiger partial charge in [0, 0.05) is 0 Å². The fourth-order valence-electron chi connectivity index (χ4n) is 5.98. The van der Waals surface area contributed by atoms with Gasteiger partial charge >= 0.3 is 41.9 Å². The van der Waals surface area contributed by atoms with E-state index in [-0.39, 0.29) is 35.7 Å². The molecule has 6 rings (SSSR count). The van der Waals surface area contributed by atoms with Gasteiger partial charge in [-0.2, -0.15) is 12.1 Å². The minimum atomic E-state index is 0. The molecule has 4 heteroatoms. The van der Waals surface area contributed by atoms with E-state index in [9.17, 15) is 0 Å². The van der Waals surface area contributed by atoms with Gasteiger partial charge in [0.05, 0.1) is 0 Å². The van der Waals surface area contributed by atoms with Crippen LogP contribution in [0, 0.1) is 0 Å². The van der Waals surface area contributed by atoms with Crippen LogP contribution >= 0.6 is 0 Å². The number of aryl methyl sites for hydroxylation is 1. The van der Waals surface area contributed by atoms with Crippen molar-refractivity contribution in [2.45, 2.75) is 98.6 Å². The summed E-state index contributed by atoms with van der Waals surface area (Å²) in [5, 5.41) is 5.47. The van der Waals surface area contributed by atoms with Crippen molar-refractivity contribution in [3.63, 3.8) is 0 Å². The summed E-state index contributed by atoms with van der Waals surface area (Å²) in [6.07, 6.45) is 2.28. The van der Waals surface area contributed by atoms with Crippen molar-refractivity contribution in [2.24, 2.45) is 0 Å². The van der Waals surface area contributed by atoms with Crippen LogP contribution in [0.15, 0.2) is 109 Å². The molecule has 0 aliphatic carbocycles. The first-order valence-electron chi connectivity index (χ1n) is 17.4.